The fourth-order valence-corrected chi connectivity index (χ4v) is 13.3. The lowest BCUT2D eigenvalue weighted by atomic mass is 9.90. The van der Waals surface area contributed by atoms with Crippen molar-refractivity contribution in [3.63, 3.8) is 0 Å². The van der Waals surface area contributed by atoms with Gasteiger partial charge in [-0.2, -0.15) is 16.8 Å². The van der Waals surface area contributed by atoms with Crippen LogP contribution in [0.4, 0.5) is 23.3 Å². The molecule has 0 aliphatic carbocycles. The van der Waals surface area contributed by atoms with Gasteiger partial charge in [0.15, 0.2) is 10.1 Å². The first-order chi connectivity index (χ1) is 37.6. The minimum absolute atomic E-state index is 0.00450. The van der Waals surface area contributed by atoms with E-state index in [0.717, 1.165) is 74.4 Å². The van der Waals surface area contributed by atoms with Crippen LogP contribution in [0.15, 0.2) is 120 Å². The van der Waals surface area contributed by atoms with Crippen LogP contribution in [0, 0.1) is 11.8 Å². The summed E-state index contributed by atoms with van der Waals surface area (Å²) in [6.45, 7) is 22.6. The monoisotopic (exact) mass is 1120 g/mol. The number of fused-ring (bicyclic) bond motifs is 12. The van der Waals surface area contributed by atoms with Gasteiger partial charge in [-0.05, 0) is 151 Å². The predicted octanol–water partition coefficient (Wildman–Crippen LogP) is 9.42. The molecule has 2 saturated heterocycles. The molecule has 424 valence electrons. The Hall–Kier alpha value is -7.06. The Labute approximate surface area is 472 Å². The van der Waals surface area contributed by atoms with Gasteiger partial charge < -0.3 is 20.4 Å². The first-order valence-corrected chi connectivity index (χ1v) is 30.6. The van der Waals surface area contributed by atoms with Gasteiger partial charge in [-0.15, -0.1) is 0 Å². The van der Waals surface area contributed by atoms with Crippen LogP contribution in [-0.4, -0.2) is 94.8 Å². The zero-order valence-corrected chi connectivity index (χ0v) is 49.2. The van der Waals surface area contributed by atoms with Crippen molar-refractivity contribution >= 4 is 55.1 Å². The third-order valence-electron chi connectivity index (χ3n) is 15.6. The molecule has 18 nitrogen and oxygen atoms in total. The van der Waals surface area contributed by atoms with Crippen molar-refractivity contribution in [3.8, 4) is 0 Å². The molecule has 10 rings (SSSR count). The van der Waals surface area contributed by atoms with Crippen LogP contribution in [-0.2, 0) is 43.7 Å². The normalized spacial score (nSPS) is 22.3. The Morgan fingerprint density at radius 2 is 0.912 bits per heavy atom. The van der Waals surface area contributed by atoms with Gasteiger partial charge in [0.05, 0.1) is 11.1 Å². The molecule has 6 aromatic rings. The van der Waals surface area contributed by atoms with Crippen molar-refractivity contribution in [2.24, 2.45) is 11.8 Å². The molecule has 0 spiro atoms. The average Bonchev–Trinajstić information content (AvgIpc) is 3.97. The van der Waals surface area contributed by atoms with E-state index in [2.05, 4.69) is 119 Å². The fraction of sp³-hybridized carbons (Fsp3) is 0.467. The highest BCUT2D eigenvalue weighted by Gasteiger charge is 2.43. The molecule has 4 N–H and O–H groups in total. The Balaban J connectivity index is 0.000000194. The Kier molecular flexibility index (Phi) is 16.2. The maximum atomic E-state index is 13.5. The summed E-state index contributed by atoms with van der Waals surface area (Å²) < 4.78 is 57.9. The first-order valence-electron chi connectivity index (χ1n) is 27.6. The van der Waals surface area contributed by atoms with Crippen molar-refractivity contribution in [2.45, 2.75) is 165 Å². The van der Waals surface area contributed by atoms with E-state index in [9.17, 15) is 26.4 Å². The highest BCUT2D eigenvalue weighted by molar-refractivity contribution is 7.90. The molecule has 2 fully saturated rings. The van der Waals surface area contributed by atoms with Gasteiger partial charge in [-0.3, -0.25) is 19.6 Å². The highest BCUT2D eigenvalue weighted by Crippen LogP contribution is 2.42. The quantitative estimate of drug-likeness (QED) is 0.129. The minimum Gasteiger partial charge on any atom is -0.367 e. The molecule has 2 unspecified atom stereocenters. The van der Waals surface area contributed by atoms with Gasteiger partial charge in [0, 0.05) is 95.1 Å². The van der Waals surface area contributed by atoms with Gasteiger partial charge in [-0.1, -0.05) is 65.8 Å². The van der Waals surface area contributed by atoms with Crippen LogP contribution in [0.25, 0.3) is 0 Å². The summed E-state index contributed by atoms with van der Waals surface area (Å²) in [7, 11) is -8.48. The first kappa shape index (κ1) is 57.6. The lowest BCUT2D eigenvalue weighted by Crippen LogP contribution is -2.41. The number of sulfonamides is 2. The summed E-state index contributed by atoms with van der Waals surface area (Å²) in [6, 6.07) is 28.3. The number of carbonyl (C=O) groups excluding carboxylic acids is 2. The van der Waals surface area contributed by atoms with E-state index in [1.54, 1.807) is 48.8 Å². The summed E-state index contributed by atoms with van der Waals surface area (Å²) in [5.74, 6) is 1.22. The lowest BCUT2D eigenvalue weighted by molar-refractivity contribution is 0.0972. The van der Waals surface area contributed by atoms with Crippen LogP contribution in [0.1, 0.15) is 151 Å². The van der Waals surface area contributed by atoms with Crippen molar-refractivity contribution in [1.82, 2.24) is 39.3 Å². The summed E-state index contributed by atoms with van der Waals surface area (Å²) in [5.41, 5.74) is 3.04. The summed E-state index contributed by atoms with van der Waals surface area (Å²) in [6.07, 6.45) is 10.4. The number of nitrogens with one attached hydrogen (secondary N) is 4. The standard InChI is InChI=1S/2C30H38N6O3S/c2*1-29(2,3)24-15-14-23-27(33-24)36-19-20(18-30(36,4)5)12-13-22(17-21-9-6-7-16-31-21)32-25-10-8-11-26(34-25)40(38,39)35-28(23)37/h2*6-11,14-16,20,22H,12-13,17-19H2,1-5H3,(H,32,34)(H,35,37)/t2*20-,22?/m00/s1. The zero-order chi connectivity index (χ0) is 57.4. The Morgan fingerprint density at radius 3 is 1.27 bits per heavy atom. The van der Waals surface area contributed by atoms with Gasteiger partial charge in [0.25, 0.3) is 31.9 Å². The number of aromatic nitrogens is 6. The van der Waals surface area contributed by atoms with Crippen molar-refractivity contribution < 1.29 is 26.4 Å². The average molecular weight is 1130 g/mol. The predicted molar refractivity (Wildman–Crippen MR) is 312 cm³/mol. The molecule has 4 atom stereocenters. The topological polar surface area (TPSA) is 234 Å². The van der Waals surface area contributed by atoms with Crippen molar-refractivity contribution in [2.75, 3.05) is 33.5 Å². The van der Waals surface area contributed by atoms with E-state index >= 15 is 0 Å². The summed E-state index contributed by atoms with van der Waals surface area (Å²) in [4.78, 5) is 59.2. The Morgan fingerprint density at radius 1 is 0.512 bits per heavy atom. The number of carbonyl (C=O) groups is 2. The minimum atomic E-state index is -4.24. The molecule has 20 heteroatoms. The van der Waals surface area contributed by atoms with Crippen LogP contribution in [0.2, 0.25) is 0 Å². The zero-order valence-electron chi connectivity index (χ0n) is 47.6. The molecule has 2 amide bonds. The van der Waals surface area contributed by atoms with E-state index in [4.69, 9.17) is 9.97 Å². The fourth-order valence-electron chi connectivity index (χ4n) is 11.4. The number of nitrogens with zero attached hydrogens (tertiary/aromatic N) is 8. The van der Waals surface area contributed by atoms with Crippen LogP contribution < -0.4 is 29.9 Å². The molecule has 6 aromatic heterocycles. The van der Waals surface area contributed by atoms with Crippen LogP contribution in [0.5, 0.6) is 0 Å². The maximum Gasteiger partial charge on any atom is 0.281 e. The van der Waals surface area contributed by atoms with E-state index in [-0.39, 0.29) is 55.2 Å². The molecule has 10 heterocycles. The number of rotatable bonds is 4. The Bertz CT molecular complexity index is 3230. The van der Waals surface area contributed by atoms with Crippen LogP contribution in [0.3, 0.4) is 0 Å². The molecule has 8 bridgehead atoms. The molecular formula is C60H76N12O6S2. The largest absolute Gasteiger partial charge is 0.367 e. The molecule has 80 heavy (non-hydrogen) atoms. The van der Waals surface area contributed by atoms with E-state index in [1.807, 2.05) is 48.5 Å². The van der Waals surface area contributed by atoms with Crippen LogP contribution >= 0.6 is 0 Å². The SMILES string of the molecule is CC(C)(C)c1ccc2c(n1)N1C[C@@H](CCC(Cc3ccccn3)Nc3cccc(n3)S(=O)(=O)NC2=O)CC1(C)C.CC(C)(C)c1ccc2c(n1)N1C[C@@H](CCC(Cc3ccccn3)Nc3cccc(n3)S(=O)(=O)NC2=O)CC1(C)C. The molecule has 0 saturated carbocycles. The summed E-state index contributed by atoms with van der Waals surface area (Å²) in [5, 5.41) is 6.46. The van der Waals surface area contributed by atoms with Gasteiger partial charge >= 0.3 is 0 Å². The number of anilines is 4. The number of hydrogen-bond donors (Lipinski definition) is 4. The third kappa shape index (κ3) is 13.4. The number of amides is 2. The van der Waals surface area contributed by atoms with Crippen molar-refractivity contribution in [3.05, 3.63) is 143 Å². The van der Waals surface area contributed by atoms with E-state index in [1.165, 1.54) is 12.1 Å². The third-order valence-corrected chi connectivity index (χ3v) is 18.0. The van der Waals surface area contributed by atoms with Gasteiger partial charge in [0.1, 0.15) is 23.3 Å². The molecule has 0 radical (unpaired) electrons. The second-order valence-electron chi connectivity index (χ2n) is 25.1. The molecule has 4 aliphatic rings. The highest BCUT2D eigenvalue weighted by atomic mass is 32.2. The smallest absolute Gasteiger partial charge is 0.281 e. The van der Waals surface area contributed by atoms with Gasteiger partial charge in [-0.25, -0.2) is 29.4 Å². The van der Waals surface area contributed by atoms with Gasteiger partial charge in [0.2, 0.25) is 0 Å². The number of hydrogen-bond acceptors (Lipinski definition) is 16. The van der Waals surface area contributed by atoms with E-state index in [0.29, 0.717) is 47.9 Å². The molecular weight excluding hydrogens is 1050 g/mol. The summed E-state index contributed by atoms with van der Waals surface area (Å²) >= 11 is 0. The second kappa shape index (κ2) is 22.5. The number of pyridine rings is 6. The molecule has 0 aromatic carbocycles. The van der Waals surface area contributed by atoms with E-state index < -0.39 is 31.9 Å². The lowest BCUT2D eigenvalue weighted by Gasteiger charge is -2.34. The maximum absolute atomic E-state index is 13.5. The second-order valence-corrected chi connectivity index (χ2v) is 28.4. The van der Waals surface area contributed by atoms with Crippen molar-refractivity contribution in [1.29, 1.82) is 0 Å². The molecule has 4 aliphatic heterocycles.